The van der Waals surface area contributed by atoms with Gasteiger partial charge in [-0.15, -0.1) is 0 Å². The number of anilines is 1. The summed E-state index contributed by atoms with van der Waals surface area (Å²) < 4.78 is 39.4. The molecular weight excluding hydrogens is 411 g/mol. The van der Waals surface area contributed by atoms with E-state index < -0.39 is 21.7 Å². The van der Waals surface area contributed by atoms with Crippen molar-refractivity contribution in [1.29, 1.82) is 0 Å². The first kappa shape index (κ1) is 19.3. The van der Waals surface area contributed by atoms with Crippen molar-refractivity contribution in [2.75, 3.05) is 19.4 Å². The molecule has 0 saturated carbocycles. The Kier molecular flexibility index (Phi) is 6.10. The van der Waals surface area contributed by atoms with Gasteiger partial charge in [0.1, 0.15) is 5.82 Å². The van der Waals surface area contributed by atoms with Crippen LogP contribution in [-0.2, 0) is 14.8 Å². The van der Waals surface area contributed by atoms with E-state index >= 15 is 0 Å². The van der Waals surface area contributed by atoms with Crippen molar-refractivity contribution in [3.05, 3.63) is 64.4 Å². The number of hydrogen-bond donors (Lipinski definition) is 1. The van der Waals surface area contributed by atoms with E-state index in [0.29, 0.717) is 10.2 Å². The van der Waals surface area contributed by atoms with Crippen molar-refractivity contribution in [1.82, 2.24) is 4.31 Å². The number of carbonyl (C=O) groups excluding carboxylic acids is 1. The molecular formula is C17H16BrFN2O3S. The molecule has 8 heteroatoms. The number of sulfonamides is 1. The fraction of sp³-hybridized carbons (Fsp3) is 0.118. The Bertz CT molecular complexity index is 910. The fourth-order valence-corrected chi connectivity index (χ4v) is 3.19. The summed E-state index contributed by atoms with van der Waals surface area (Å²) >= 11 is 3.24. The highest BCUT2D eigenvalue weighted by molar-refractivity contribution is 9.10. The smallest absolute Gasteiger partial charge is 0.248 e. The molecule has 0 aliphatic rings. The van der Waals surface area contributed by atoms with Crippen LogP contribution in [0.3, 0.4) is 0 Å². The van der Waals surface area contributed by atoms with Gasteiger partial charge in [-0.05, 0) is 48.5 Å². The van der Waals surface area contributed by atoms with Crippen molar-refractivity contribution in [3.63, 3.8) is 0 Å². The number of hydrogen-bond acceptors (Lipinski definition) is 3. The number of rotatable bonds is 5. The van der Waals surface area contributed by atoms with Gasteiger partial charge in [0.25, 0.3) is 0 Å². The van der Waals surface area contributed by atoms with Gasteiger partial charge < -0.3 is 5.32 Å². The molecule has 1 N–H and O–H groups in total. The predicted molar refractivity (Wildman–Crippen MR) is 99.1 cm³/mol. The van der Waals surface area contributed by atoms with Gasteiger partial charge in [0, 0.05) is 35.9 Å². The van der Waals surface area contributed by atoms with Gasteiger partial charge in [0.2, 0.25) is 15.9 Å². The van der Waals surface area contributed by atoms with E-state index in [1.807, 2.05) is 0 Å². The summed E-state index contributed by atoms with van der Waals surface area (Å²) in [5.74, 6) is -0.895. The van der Waals surface area contributed by atoms with E-state index in [-0.39, 0.29) is 10.5 Å². The Balaban J connectivity index is 2.08. The lowest BCUT2D eigenvalue weighted by atomic mass is 10.2. The molecule has 0 heterocycles. The zero-order valence-electron chi connectivity index (χ0n) is 13.5. The molecule has 2 aromatic carbocycles. The summed E-state index contributed by atoms with van der Waals surface area (Å²) in [7, 11) is -0.634. The number of amides is 1. The lowest BCUT2D eigenvalue weighted by molar-refractivity contribution is -0.111. The topological polar surface area (TPSA) is 66.5 Å². The van der Waals surface area contributed by atoms with Crippen LogP contribution in [0.25, 0.3) is 6.08 Å². The minimum atomic E-state index is -3.52. The van der Waals surface area contributed by atoms with E-state index in [2.05, 4.69) is 21.2 Å². The molecule has 0 aliphatic carbocycles. The fourth-order valence-electron chi connectivity index (χ4n) is 1.91. The molecule has 25 heavy (non-hydrogen) atoms. The summed E-state index contributed by atoms with van der Waals surface area (Å²) in [6.45, 7) is 0. The van der Waals surface area contributed by atoms with Gasteiger partial charge in [-0.2, -0.15) is 0 Å². The van der Waals surface area contributed by atoms with Crippen LogP contribution in [0.5, 0.6) is 0 Å². The van der Waals surface area contributed by atoms with E-state index in [1.165, 1.54) is 56.6 Å². The van der Waals surface area contributed by atoms with Gasteiger partial charge in [-0.3, -0.25) is 4.79 Å². The normalized spacial score (nSPS) is 11.9. The molecule has 0 bridgehead atoms. The number of halogens is 2. The van der Waals surface area contributed by atoms with Crippen LogP contribution in [0.2, 0.25) is 0 Å². The molecule has 0 aromatic heterocycles. The molecule has 1 amide bonds. The van der Waals surface area contributed by atoms with Crippen molar-refractivity contribution < 1.29 is 17.6 Å². The predicted octanol–water partition coefficient (Wildman–Crippen LogP) is 3.49. The van der Waals surface area contributed by atoms with Gasteiger partial charge in [-0.1, -0.05) is 15.9 Å². The monoisotopic (exact) mass is 426 g/mol. The van der Waals surface area contributed by atoms with E-state index in [4.69, 9.17) is 0 Å². The van der Waals surface area contributed by atoms with Gasteiger partial charge >= 0.3 is 0 Å². The largest absolute Gasteiger partial charge is 0.323 e. The van der Waals surface area contributed by atoms with Crippen LogP contribution in [-0.4, -0.2) is 32.7 Å². The second-order valence-electron chi connectivity index (χ2n) is 5.30. The first-order valence-electron chi connectivity index (χ1n) is 7.17. The Morgan fingerprint density at radius 2 is 1.80 bits per heavy atom. The molecule has 0 fully saturated rings. The summed E-state index contributed by atoms with van der Waals surface area (Å²) in [6, 6.07) is 10.2. The standard InChI is InChI=1S/C17H16BrFN2O3S/c1-21(2)25(23,24)15-7-5-14(6-8-15)20-17(22)10-3-12-11-13(18)4-9-16(12)19/h3-11H,1-2H3,(H,20,22)/b10-3+. The van der Waals surface area contributed by atoms with E-state index in [9.17, 15) is 17.6 Å². The van der Waals surface area contributed by atoms with Crippen LogP contribution >= 0.6 is 15.9 Å². The highest BCUT2D eigenvalue weighted by Gasteiger charge is 2.16. The van der Waals surface area contributed by atoms with Crippen LogP contribution in [0.1, 0.15) is 5.56 Å². The average molecular weight is 427 g/mol. The molecule has 0 unspecified atom stereocenters. The molecule has 0 radical (unpaired) electrons. The highest BCUT2D eigenvalue weighted by atomic mass is 79.9. The molecule has 132 valence electrons. The van der Waals surface area contributed by atoms with Gasteiger partial charge in [0.05, 0.1) is 4.90 Å². The second kappa shape index (κ2) is 7.90. The molecule has 2 aromatic rings. The van der Waals surface area contributed by atoms with E-state index in [1.54, 1.807) is 12.1 Å². The minimum absolute atomic E-state index is 0.127. The van der Waals surface area contributed by atoms with Crippen molar-refractivity contribution in [2.24, 2.45) is 0 Å². The number of nitrogens with zero attached hydrogens (tertiary/aromatic N) is 1. The average Bonchev–Trinajstić information content (AvgIpc) is 2.56. The minimum Gasteiger partial charge on any atom is -0.323 e. The van der Waals surface area contributed by atoms with Crippen LogP contribution in [0.4, 0.5) is 10.1 Å². The number of benzene rings is 2. The van der Waals surface area contributed by atoms with Crippen LogP contribution < -0.4 is 5.32 Å². The third kappa shape index (κ3) is 4.97. The zero-order valence-corrected chi connectivity index (χ0v) is 15.9. The molecule has 0 saturated heterocycles. The van der Waals surface area contributed by atoms with Crippen LogP contribution in [0, 0.1) is 5.82 Å². The molecule has 5 nitrogen and oxygen atoms in total. The SMILES string of the molecule is CN(C)S(=O)(=O)c1ccc(NC(=O)/C=C/c2cc(Br)ccc2F)cc1. The Hall–Kier alpha value is -2.03. The molecule has 0 aliphatic heterocycles. The van der Waals surface area contributed by atoms with Crippen molar-refractivity contribution >= 4 is 43.6 Å². The van der Waals surface area contributed by atoms with Crippen LogP contribution in [0.15, 0.2) is 57.9 Å². The summed E-state index contributed by atoms with van der Waals surface area (Å²) in [5.41, 5.74) is 0.707. The van der Waals surface area contributed by atoms with Crippen molar-refractivity contribution in [2.45, 2.75) is 4.90 Å². The Morgan fingerprint density at radius 1 is 1.16 bits per heavy atom. The maximum atomic E-state index is 13.6. The first-order chi connectivity index (χ1) is 11.7. The third-order valence-electron chi connectivity index (χ3n) is 3.27. The van der Waals surface area contributed by atoms with Gasteiger partial charge in [-0.25, -0.2) is 17.1 Å². The summed E-state index contributed by atoms with van der Waals surface area (Å²) in [6.07, 6.45) is 2.57. The Morgan fingerprint density at radius 3 is 2.40 bits per heavy atom. The Labute approximate surface area is 154 Å². The lowest BCUT2D eigenvalue weighted by Crippen LogP contribution is -2.22. The number of carbonyl (C=O) groups is 1. The molecule has 0 spiro atoms. The van der Waals surface area contributed by atoms with Gasteiger partial charge in [0.15, 0.2) is 0 Å². The molecule has 2 rings (SSSR count). The van der Waals surface area contributed by atoms with Crippen molar-refractivity contribution in [3.8, 4) is 0 Å². The van der Waals surface area contributed by atoms with E-state index in [0.717, 1.165) is 4.31 Å². The lowest BCUT2D eigenvalue weighted by Gasteiger charge is -2.11. The third-order valence-corrected chi connectivity index (χ3v) is 5.60. The highest BCUT2D eigenvalue weighted by Crippen LogP contribution is 2.18. The quantitative estimate of drug-likeness (QED) is 0.743. The number of nitrogens with one attached hydrogen (secondary N) is 1. The first-order valence-corrected chi connectivity index (χ1v) is 9.40. The molecule has 0 atom stereocenters. The maximum absolute atomic E-state index is 13.6. The zero-order chi connectivity index (χ0) is 18.6. The maximum Gasteiger partial charge on any atom is 0.248 e. The summed E-state index contributed by atoms with van der Waals surface area (Å²) in [5, 5.41) is 2.59. The summed E-state index contributed by atoms with van der Waals surface area (Å²) in [4.78, 5) is 12.0. The second-order valence-corrected chi connectivity index (χ2v) is 8.37.